The number of halogens is 1. The molecule has 21 heavy (non-hydrogen) atoms. The molecule has 0 saturated carbocycles. The Labute approximate surface area is 127 Å². The van der Waals surface area contributed by atoms with Crippen molar-refractivity contribution in [3.8, 4) is 5.75 Å². The van der Waals surface area contributed by atoms with Gasteiger partial charge in [0.2, 0.25) is 0 Å². The number of ether oxygens (including phenoxy) is 1. The van der Waals surface area contributed by atoms with Gasteiger partial charge in [0.15, 0.2) is 0 Å². The van der Waals surface area contributed by atoms with E-state index in [1.165, 1.54) is 13.2 Å². The first-order chi connectivity index (χ1) is 10.1. The third-order valence-electron chi connectivity index (χ3n) is 2.97. The third kappa shape index (κ3) is 3.88. The topological polar surface area (TPSA) is 82.2 Å². The van der Waals surface area contributed by atoms with Crippen LogP contribution in [0.15, 0.2) is 30.6 Å². The van der Waals surface area contributed by atoms with Gasteiger partial charge >= 0.3 is 0 Å². The van der Waals surface area contributed by atoms with Crippen molar-refractivity contribution in [1.29, 1.82) is 0 Å². The normalized spacial score (nSPS) is 10.4. The standard InChI is InChI=1S/C14H17ClN4O2/c1-21-13-9-12(16)11(15)8-10(13)14(20)17-4-2-6-19-7-3-5-18-19/h3,5,7-9H,2,4,6,16H2,1H3,(H,17,20). The van der Waals surface area contributed by atoms with E-state index < -0.39 is 0 Å². The van der Waals surface area contributed by atoms with Crippen LogP contribution in [0.5, 0.6) is 5.75 Å². The summed E-state index contributed by atoms with van der Waals surface area (Å²) in [5, 5.41) is 7.25. The number of nitrogens with two attached hydrogens (primary N) is 1. The van der Waals surface area contributed by atoms with Gasteiger partial charge in [-0.15, -0.1) is 0 Å². The molecular formula is C14H17ClN4O2. The number of amides is 1. The van der Waals surface area contributed by atoms with Gasteiger partial charge in [-0.2, -0.15) is 5.10 Å². The number of aromatic nitrogens is 2. The summed E-state index contributed by atoms with van der Waals surface area (Å²) in [7, 11) is 1.48. The molecule has 1 heterocycles. The summed E-state index contributed by atoms with van der Waals surface area (Å²) in [6.45, 7) is 1.27. The Bertz CT molecular complexity index is 614. The van der Waals surface area contributed by atoms with Crippen LogP contribution in [0.4, 0.5) is 5.69 Å². The molecule has 6 nitrogen and oxygen atoms in total. The molecule has 0 spiro atoms. The van der Waals surface area contributed by atoms with Crippen molar-refractivity contribution >= 4 is 23.2 Å². The Hall–Kier alpha value is -2.21. The fourth-order valence-corrected chi connectivity index (χ4v) is 2.05. The van der Waals surface area contributed by atoms with Crippen LogP contribution in [0.2, 0.25) is 5.02 Å². The molecule has 7 heteroatoms. The maximum atomic E-state index is 12.1. The van der Waals surface area contributed by atoms with Gasteiger partial charge in [0, 0.05) is 31.5 Å². The highest BCUT2D eigenvalue weighted by Crippen LogP contribution is 2.28. The Morgan fingerprint density at radius 2 is 2.33 bits per heavy atom. The second-order valence-corrected chi connectivity index (χ2v) is 4.86. The van der Waals surface area contributed by atoms with Gasteiger partial charge in [0.05, 0.1) is 23.4 Å². The maximum Gasteiger partial charge on any atom is 0.255 e. The van der Waals surface area contributed by atoms with Gasteiger partial charge in [0.25, 0.3) is 5.91 Å². The molecule has 0 unspecified atom stereocenters. The molecule has 112 valence electrons. The van der Waals surface area contributed by atoms with E-state index in [2.05, 4.69) is 10.4 Å². The Morgan fingerprint density at radius 1 is 1.52 bits per heavy atom. The van der Waals surface area contributed by atoms with E-state index in [0.717, 1.165) is 13.0 Å². The van der Waals surface area contributed by atoms with Crippen LogP contribution in [0, 0.1) is 0 Å². The molecule has 0 aliphatic rings. The Morgan fingerprint density at radius 3 is 3.00 bits per heavy atom. The minimum absolute atomic E-state index is 0.241. The van der Waals surface area contributed by atoms with Crippen LogP contribution in [-0.2, 0) is 6.54 Å². The van der Waals surface area contributed by atoms with Crippen LogP contribution in [0.3, 0.4) is 0 Å². The average Bonchev–Trinajstić information content (AvgIpc) is 2.99. The largest absolute Gasteiger partial charge is 0.496 e. The molecule has 0 aliphatic heterocycles. The lowest BCUT2D eigenvalue weighted by Crippen LogP contribution is -2.25. The van der Waals surface area contributed by atoms with Gasteiger partial charge in [-0.3, -0.25) is 9.48 Å². The van der Waals surface area contributed by atoms with Crippen molar-refractivity contribution in [2.45, 2.75) is 13.0 Å². The predicted octanol–water partition coefficient (Wildman–Crippen LogP) is 1.95. The number of hydrogen-bond donors (Lipinski definition) is 2. The molecule has 0 fully saturated rings. The minimum atomic E-state index is -0.241. The lowest BCUT2D eigenvalue weighted by molar-refractivity contribution is 0.0949. The first-order valence-corrected chi connectivity index (χ1v) is 6.88. The van der Waals surface area contributed by atoms with Crippen molar-refractivity contribution in [3.63, 3.8) is 0 Å². The molecule has 0 atom stereocenters. The van der Waals surface area contributed by atoms with Crippen molar-refractivity contribution < 1.29 is 9.53 Å². The minimum Gasteiger partial charge on any atom is -0.496 e. The number of hydrogen-bond acceptors (Lipinski definition) is 4. The van der Waals surface area contributed by atoms with Gasteiger partial charge in [-0.05, 0) is 18.6 Å². The van der Waals surface area contributed by atoms with Crippen LogP contribution < -0.4 is 15.8 Å². The van der Waals surface area contributed by atoms with E-state index in [0.29, 0.717) is 28.6 Å². The first kappa shape index (κ1) is 15.2. The smallest absolute Gasteiger partial charge is 0.255 e. The summed E-state index contributed by atoms with van der Waals surface area (Å²) in [5.74, 6) is 0.163. The Kier molecular flexibility index (Phi) is 5.05. The zero-order valence-electron chi connectivity index (χ0n) is 11.7. The molecular weight excluding hydrogens is 292 g/mol. The second-order valence-electron chi connectivity index (χ2n) is 4.45. The predicted molar refractivity (Wildman–Crippen MR) is 81.6 cm³/mol. The lowest BCUT2D eigenvalue weighted by Gasteiger charge is -2.11. The zero-order valence-corrected chi connectivity index (χ0v) is 12.4. The van der Waals surface area contributed by atoms with Gasteiger partial charge < -0.3 is 15.8 Å². The third-order valence-corrected chi connectivity index (χ3v) is 3.30. The molecule has 3 N–H and O–H groups in total. The molecule has 2 aromatic rings. The molecule has 0 radical (unpaired) electrons. The molecule has 0 aliphatic carbocycles. The zero-order chi connectivity index (χ0) is 15.2. The molecule has 2 rings (SSSR count). The molecule has 1 aromatic carbocycles. The number of anilines is 1. The number of carbonyl (C=O) groups is 1. The Balaban J connectivity index is 1.92. The van der Waals surface area contributed by atoms with Gasteiger partial charge in [0.1, 0.15) is 5.75 Å². The van der Waals surface area contributed by atoms with Gasteiger partial charge in [-0.1, -0.05) is 11.6 Å². The summed E-state index contributed by atoms with van der Waals surface area (Å²) >= 11 is 5.94. The highest BCUT2D eigenvalue weighted by Gasteiger charge is 2.14. The van der Waals surface area contributed by atoms with Crippen LogP contribution in [-0.4, -0.2) is 29.3 Å². The van der Waals surface area contributed by atoms with E-state index in [1.807, 2.05) is 16.9 Å². The highest BCUT2D eigenvalue weighted by molar-refractivity contribution is 6.33. The number of rotatable bonds is 6. The lowest BCUT2D eigenvalue weighted by atomic mass is 10.1. The summed E-state index contributed by atoms with van der Waals surface area (Å²) in [5.41, 5.74) is 6.44. The quantitative estimate of drug-likeness (QED) is 0.631. The summed E-state index contributed by atoms with van der Waals surface area (Å²) in [6.07, 6.45) is 4.38. The van der Waals surface area contributed by atoms with Crippen LogP contribution in [0.1, 0.15) is 16.8 Å². The number of nitrogen functional groups attached to an aromatic ring is 1. The first-order valence-electron chi connectivity index (χ1n) is 6.50. The van der Waals surface area contributed by atoms with Crippen molar-refractivity contribution in [3.05, 3.63) is 41.2 Å². The molecule has 1 aromatic heterocycles. The number of methoxy groups -OCH3 is 1. The average molecular weight is 309 g/mol. The van der Waals surface area contributed by atoms with Crippen molar-refractivity contribution in [2.24, 2.45) is 0 Å². The van der Waals surface area contributed by atoms with Crippen LogP contribution >= 0.6 is 11.6 Å². The van der Waals surface area contributed by atoms with Gasteiger partial charge in [-0.25, -0.2) is 0 Å². The number of benzene rings is 1. The number of carbonyl (C=O) groups excluding carboxylic acids is 1. The monoisotopic (exact) mass is 308 g/mol. The number of nitrogens with one attached hydrogen (secondary N) is 1. The van der Waals surface area contributed by atoms with E-state index >= 15 is 0 Å². The fraction of sp³-hybridized carbons (Fsp3) is 0.286. The second kappa shape index (κ2) is 6.99. The van der Waals surface area contributed by atoms with E-state index in [9.17, 15) is 4.79 Å². The highest BCUT2D eigenvalue weighted by atomic mass is 35.5. The molecule has 0 bridgehead atoms. The summed E-state index contributed by atoms with van der Waals surface area (Å²) < 4.78 is 6.97. The number of aryl methyl sites for hydroxylation is 1. The molecule has 1 amide bonds. The van der Waals surface area contributed by atoms with E-state index in [1.54, 1.807) is 12.3 Å². The fourth-order valence-electron chi connectivity index (χ4n) is 1.89. The summed E-state index contributed by atoms with van der Waals surface area (Å²) in [4.78, 5) is 12.1. The summed E-state index contributed by atoms with van der Waals surface area (Å²) in [6, 6.07) is 4.92. The number of nitrogens with zero attached hydrogens (tertiary/aromatic N) is 2. The van der Waals surface area contributed by atoms with Crippen molar-refractivity contribution in [2.75, 3.05) is 19.4 Å². The van der Waals surface area contributed by atoms with Crippen LogP contribution in [0.25, 0.3) is 0 Å². The maximum absolute atomic E-state index is 12.1. The van der Waals surface area contributed by atoms with E-state index in [-0.39, 0.29) is 5.91 Å². The molecule has 0 saturated heterocycles. The SMILES string of the molecule is COc1cc(N)c(Cl)cc1C(=O)NCCCn1cccn1. The van der Waals surface area contributed by atoms with Crippen molar-refractivity contribution in [1.82, 2.24) is 15.1 Å². The van der Waals surface area contributed by atoms with E-state index in [4.69, 9.17) is 22.1 Å².